The van der Waals surface area contributed by atoms with Crippen molar-refractivity contribution in [3.63, 3.8) is 0 Å². The minimum absolute atomic E-state index is 0.0525. The normalized spacial score (nSPS) is 18.2. The van der Waals surface area contributed by atoms with E-state index in [-0.39, 0.29) is 11.6 Å². The predicted octanol–water partition coefficient (Wildman–Crippen LogP) is 5.62. The fraction of sp³-hybridized carbons (Fsp3) is 0.421. The molecule has 2 heterocycles. The molecule has 1 unspecified atom stereocenters. The Kier molecular flexibility index (Phi) is 4.94. The second kappa shape index (κ2) is 7.24. The number of nitrogens with zero attached hydrogens (tertiary/aromatic N) is 1. The number of pyridine rings is 1. The highest BCUT2D eigenvalue weighted by Gasteiger charge is 2.34. The zero-order chi connectivity index (χ0) is 19.0. The molecule has 1 aromatic carbocycles. The maximum absolute atomic E-state index is 13.4. The highest BCUT2D eigenvalue weighted by atomic mass is 32.2. The van der Waals surface area contributed by atoms with Crippen LogP contribution in [0.25, 0.3) is 0 Å². The van der Waals surface area contributed by atoms with Crippen molar-refractivity contribution in [1.82, 2.24) is 4.98 Å². The monoisotopic (exact) mass is 395 g/mol. The molecule has 4 nitrogen and oxygen atoms in total. The van der Waals surface area contributed by atoms with Crippen molar-refractivity contribution in [2.24, 2.45) is 5.92 Å². The molecule has 1 saturated carbocycles. The number of rotatable bonds is 3. The number of hydrogen-bond donors (Lipinski definition) is 3. The maximum Gasteiger partial charge on any atom is 0.416 e. The van der Waals surface area contributed by atoms with E-state index in [0.29, 0.717) is 10.6 Å². The van der Waals surface area contributed by atoms with E-state index in [1.165, 1.54) is 11.8 Å². The van der Waals surface area contributed by atoms with Crippen LogP contribution in [0.15, 0.2) is 40.4 Å². The van der Waals surface area contributed by atoms with Gasteiger partial charge in [0.2, 0.25) is 0 Å². The highest BCUT2D eigenvalue weighted by molar-refractivity contribution is 7.99. The third-order valence-corrected chi connectivity index (χ3v) is 6.18. The van der Waals surface area contributed by atoms with Gasteiger partial charge in [0.25, 0.3) is 0 Å². The van der Waals surface area contributed by atoms with Gasteiger partial charge >= 0.3 is 6.18 Å². The van der Waals surface area contributed by atoms with Gasteiger partial charge in [0.1, 0.15) is 6.23 Å². The summed E-state index contributed by atoms with van der Waals surface area (Å²) in [5.74, 6) is 0.0525. The predicted molar refractivity (Wildman–Crippen MR) is 99.3 cm³/mol. The zero-order valence-electron chi connectivity index (χ0n) is 14.5. The van der Waals surface area contributed by atoms with Gasteiger partial charge in [-0.05, 0) is 31.0 Å². The van der Waals surface area contributed by atoms with E-state index in [2.05, 4.69) is 15.6 Å². The number of aromatic nitrogens is 1. The molecular formula is C19H20F3N3OS. The van der Waals surface area contributed by atoms with Gasteiger partial charge in [-0.1, -0.05) is 31.0 Å². The number of halogens is 3. The summed E-state index contributed by atoms with van der Waals surface area (Å²) >= 11 is 1.24. The van der Waals surface area contributed by atoms with Crippen LogP contribution in [0.3, 0.4) is 0 Å². The highest BCUT2D eigenvalue weighted by Crippen LogP contribution is 2.49. The van der Waals surface area contributed by atoms with Gasteiger partial charge in [0.15, 0.2) is 0 Å². The van der Waals surface area contributed by atoms with Gasteiger partial charge in [0.05, 0.1) is 27.5 Å². The summed E-state index contributed by atoms with van der Waals surface area (Å²) in [6.45, 7) is 0. The smallest absolute Gasteiger partial charge is 0.374 e. The Bertz CT molecular complexity index is 837. The Morgan fingerprint density at radius 3 is 2.70 bits per heavy atom. The van der Waals surface area contributed by atoms with Crippen LogP contribution >= 0.6 is 11.8 Å². The number of aliphatic hydroxyl groups is 1. The van der Waals surface area contributed by atoms with Gasteiger partial charge < -0.3 is 15.7 Å². The SMILES string of the molecule is OC(Nc1cc(C(F)(F)F)cc2c1Nc1ccncc1S2)C1CCCCC1. The van der Waals surface area contributed by atoms with Crippen LogP contribution in [0.5, 0.6) is 0 Å². The summed E-state index contributed by atoms with van der Waals surface area (Å²) in [6, 6.07) is 4.00. The van der Waals surface area contributed by atoms with Crippen molar-refractivity contribution in [1.29, 1.82) is 0 Å². The van der Waals surface area contributed by atoms with Crippen LogP contribution in [0.4, 0.5) is 30.2 Å². The number of fused-ring (bicyclic) bond motifs is 2. The molecule has 1 atom stereocenters. The molecule has 0 radical (unpaired) electrons. The van der Waals surface area contributed by atoms with Crippen molar-refractivity contribution >= 4 is 28.8 Å². The fourth-order valence-electron chi connectivity index (χ4n) is 3.65. The minimum Gasteiger partial charge on any atom is -0.374 e. The first-order valence-electron chi connectivity index (χ1n) is 9.00. The summed E-state index contributed by atoms with van der Waals surface area (Å²) in [5.41, 5.74) is 0.883. The number of benzene rings is 1. The van der Waals surface area contributed by atoms with Crippen molar-refractivity contribution in [2.45, 2.75) is 54.3 Å². The van der Waals surface area contributed by atoms with E-state index in [9.17, 15) is 18.3 Å². The Hall–Kier alpha value is -1.93. The van der Waals surface area contributed by atoms with Gasteiger partial charge in [-0.15, -0.1) is 0 Å². The molecule has 0 spiro atoms. The summed E-state index contributed by atoms with van der Waals surface area (Å²) < 4.78 is 40.2. The lowest BCUT2D eigenvalue weighted by molar-refractivity contribution is -0.137. The van der Waals surface area contributed by atoms with Crippen LogP contribution < -0.4 is 10.6 Å². The molecule has 2 aliphatic rings. The summed E-state index contributed by atoms with van der Waals surface area (Å²) in [6.07, 6.45) is 2.91. The van der Waals surface area contributed by atoms with Crippen LogP contribution in [0.1, 0.15) is 37.7 Å². The average Bonchev–Trinajstić information content (AvgIpc) is 2.66. The number of anilines is 3. The molecule has 4 rings (SSSR count). The van der Waals surface area contributed by atoms with Crippen molar-refractivity contribution < 1.29 is 18.3 Å². The lowest BCUT2D eigenvalue weighted by Gasteiger charge is -2.30. The standard InChI is InChI=1S/C19H20F3N3OS/c20-19(21,22)12-8-14(25-18(26)11-4-2-1-3-5-11)17-15(9-12)27-16-10-23-7-6-13(16)24-17/h6-11,18,24-26H,1-5H2. The van der Waals surface area contributed by atoms with E-state index in [1.54, 1.807) is 18.5 Å². The van der Waals surface area contributed by atoms with Crippen LogP contribution in [0, 0.1) is 5.92 Å². The van der Waals surface area contributed by atoms with Crippen LogP contribution in [-0.4, -0.2) is 16.3 Å². The second-order valence-corrected chi connectivity index (χ2v) is 8.06. The molecule has 8 heteroatoms. The molecule has 1 aromatic heterocycles. The molecular weight excluding hydrogens is 375 g/mol. The maximum atomic E-state index is 13.4. The molecule has 0 amide bonds. The van der Waals surface area contributed by atoms with Crippen molar-refractivity contribution in [3.05, 3.63) is 36.2 Å². The first-order valence-corrected chi connectivity index (χ1v) is 9.82. The van der Waals surface area contributed by atoms with Crippen LogP contribution in [-0.2, 0) is 6.18 Å². The van der Waals surface area contributed by atoms with Crippen molar-refractivity contribution in [2.75, 3.05) is 10.6 Å². The lowest BCUT2D eigenvalue weighted by Crippen LogP contribution is -2.30. The Labute approximate surface area is 159 Å². The topological polar surface area (TPSA) is 57.2 Å². The number of hydrogen-bond acceptors (Lipinski definition) is 5. The molecule has 27 heavy (non-hydrogen) atoms. The summed E-state index contributed by atoms with van der Waals surface area (Å²) in [5, 5.41) is 16.7. The minimum atomic E-state index is -4.46. The number of alkyl halides is 3. The fourth-order valence-corrected chi connectivity index (χ4v) is 4.68. The number of nitrogens with one attached hydrogen (secondary N) is 2. The van der Waals surface area contributed by atoms with E-state index < -0.39 is 18.0 Å². The largest absolute Gasteiger partial charge is 0.416 e. The number of aliphatic hydroxyl groups excluding tert-OH is 1. The van der Waals surface area contributed by atoms with Gasteiger partial charge in [-0.3, -0.25) is 4.98 Å². The third kappa shape index (κ3) is 3.87. The Balaban J connectivity index is 1.69. The van der Waals surface area contributed by atoms with Gasteiger partial charge in [-0.25, -0.2) is 0 Å². The molecule has 1 aliphatic carbocycles. The molecule has 1 aliphatic heterocycles. The van der Waals surface area contributed by atoms with E-state index in [4.69, 9.17) is 0 Å². The second-order valence-electron chi connectivity index (χ2n) is 6.98. The average molecular weight is 395 g/mol. The van der Waals surface area contributed by atoms with Crippen LogP contribution in [0.2, 0.25) is 0 Å². The zero-order valence-corrected chi connectivity index (χ0v) is 15.3. The summed E-state index contributed by atoms with van der Waals surface area (Å²) in [4.78, 5) is 5.26. The molecule has 0 saturated heterocycles. The molecule has 144 valence electrons. The molecule has 0 bridgehead atoms. The van der Waals surface area contributed by atoms with Crippen molar-refractivity contribution in [3.8, 4) is 0 Å². The molecule has 3 N–H and O–H groups in total. The quantitative estimate of drug-likeness (QED) is 0.503. The lowest BCUT2D eigenvalue weighted by atomic mass is 9.88. The molecule has 1 fully saturated rings. The third-order valence-electron chi connectivity index (χ3n) is 5.09. The Morgan fingerprint density at radius 1 is 1.19 bits per heavy atom. The Morgan fingerprint density at radius 2 is 1.96 bits per heavy atom. The first-order chi connectivity index (χ1) is 12.9. The first kappa shape index (κ1) is 18.4. The molecule has 2 aromatic rings. The van der Waals surface area contributed by atoms with E-state index >= 15 is 0 Å². The summed E-state index contributed by atoms with van der Waals surface area (Å²) in [7, 11) is 0. The van der Waals surface area contributed by atoms with E-state index in [0.717, 1.165) is 54.8 Å². The van der Waals surface area contributed by atoms with Gasteiger partial charge in [-0.2, -0.15) is 13.2 Å². The van der Waals surface area contributed by atoms with Gasteiger partial charge in [0, 0.05) is 23.2 Å². The van der Waals surface area contributed by atoms with E-state index in [1.807, 2.05) is 0 Å².